The Balaban J connectivity index is 1.90. The maximum atomic E-state index is 11.7. The van der Waals surface area contributed by atoms with Crippen molar-refractivity contribution in [3.05, 3.63) is 0 Å². The first-order valence-electron chi connectivity index (χ1n) is 8.81. The highest BCUT2D eigenvalue weighted by Gasteiger charge is 2.56. The van der Waals surface area contributed by atoms with Crippen molar-refractivity contribution in [1.29, 1.82) is 0 Å². The lowest BCUT2D eigenvalue weighted by Crippen LogP contribution is -2.55. The van der Waals surface area contributed by atoms with Crippen molar-refractivity contribution in [2.75, 3.05) is 6.61 Å². The number of carbonyl (C=O) groups is 2. The maximum absolute atomic E-state index is 11.7. The van der Waals surface area contributed by atoms with Crippen LogP contribution in [0.5, 0.6) is 0 Å². The zero-order chi connectivity index (χ0) is 18.1. The van der Waals surface area contributed by atoms with Crippen molar-refractivity contribution in [3.8, 4) is 0 Å². The minimum Gasteiger partial charge on any atom is -0.481 e. The highest BCUT2D eigenvalue weighted by molar-refractivity contribution is 5.76. The van der Waals surface area contributed by atoms with E-state index in [2.05, 4.69) is 0 Å². The number of ether oxygens (including phenoxy) is 2. The lowest BCUT2D eigenvalue weighted by Gasteiger charge is -2.51. The van der Waals surface area contributed by atoms with E-state index in [0.717, 1.165) is 6.42 Å². The zero-order valence-electron chi connectivity index (χ0n) is 15.1. The monoisotopic (exact) mass is 342 g/mol. The van der Waals surface area contributed by atoms with E-state index in [4.69, 9.17) is 14.6 Å². The molecular formula is C18H30O6. The fourth-order valence-corrected chi connectivity index (χ4v) is 3.85. The molecule has 2 N–H and O–H groups in total. The van der Waals surface area contributed by atoms with E-state index in [-0.39, 0.29) is 30.7 Å². The molecule has 0 spiro atoms. The Hall–Kier alpha value is -1.14. The Bertz CT molecular complexity index is 478. The summed E-state index contributed by atoms with van der Waals surface area (Å²) in [6.07, 6.45) is 3.00. The number of rotatable bonds is 8. The lowest BCUT2D eigenvalue weighted by atomic mass is 9.57. The Labute approximate surface area is 143 Å². The van der Waals surface area contributed by atoms with E-state index < -0.39 is 23.0 Å². The molecule has 6 heteroatoms. The van der Waals surface area contributed by atoms with Gasteiger partial charge in [0.2, 0.25) is 0 Å². The van der Waals surface area contributed by atoms with Gasteiger partial charge in [0.05, 0.1) is 35.7 Å². The van der Waals surface area contributed by atoms with Crippen molar-refractivity contribution < 1.29 is 29.3 Å². The first-order valence-corrected chi connectivity index (χ1v) is 8.81. The molecule has 0 aromatic rings. The topological polar surface area (TPSA) is 93.1 Å². The molecule has 0 saturated heterocycles. The van der Waals surface area contributed by atoms with Gasteiger partial charge in [0.25, 0.3) is 0 Å². The third-order valence-corrected chi connectivity index (χ3v) is 5.61. The molecule has 2 fully saturated rings. The molecule has 0 bridgehead atoms. The van der Waals surface area contributed by atoms with Crippen LogP contribution in [-0.2, 0) is 19.1 Å². The second kappa shape index (κ2) is 7.00. The van der Waals surface area contributed by atoms with E-state index in [1.54, 1.807) is 0 Å². The van der Waals surface area contributed by atoms with E-state index in [0.29, 0.717) is 25.7 Å². The highest BCUT2D eigenvalue weighted by atomic mass is 16.5. The molecule has 0 radical (unpaired) electrons. The van der Waals surface area contributed by atoms with Gasteiger partial charge < -0.3 is 19.7 Å². The van der Waals surface area contributed by atoms with Gasteiger partial charge in [0, 0.05) is 0 Å². The van der Waals surface area contributed by atoms with Crippen molar-refractivity contribution in [2.24, 2.45) is 17.3 Å². The fraction of sp³-hybridized carbons (Fsp3) is 0.889. The summed E-state index contributed by atoms with van der Waals surface area (Å²) in [5, 5.41) is 18.7. The molecule has 6 nitrogen and oxygen atoms in total. The Morgan fingerprint density at radius 2 is 1.83 bits per heavy atom. The van der Waals surface area contributed by atoms with E-state index in [9.17, 15) is 14.7 Å². The van der Waals surface area contributed by atoms with Crippen LogP contribution in [0.15, 0.2) is 0 Å². The molecule has 0 amide bonds. The fourth-order valence-electron chi connectivity index (χ4n) is 3.85. The Morgan fingerprint density at radius 3 is 2.29 bits per heavy atom. The SMILES string of the molecule is CC(C)OCC1(C(=O)O)CC(C(C)(C)OC2CCC(C(=O)O)C2)C1. The third-order valence-electron chi connectivity index (χ3n) is 5.61. The van der Waals surface area contributed by atoms with Crippen LogP contribution in [0.4, 0.5) is 0 Å². The second-order valence-corrected chi connectivity index (χ2v) is 8.24. The van der Waals surface area contributed by atoms with E-state index in [1.165, 1.54) is 0 Å². The van der Waals surface area contributed by atoms with Crippen molar-refractivity contribution in [1.82, 2.24) is 0 Å². The smallest absolute Gasteiger partial charge is 0.312 e. The Morgan fingerprint density at radius 1 is 1.21 bits per heavy atom. The second-order valence-electron chi connectivity index (χ2n) is 8.24. The van der Waals surface area contributed by atoms with Crippen molar-refractivity contribution in [3.63, 3.8) is 0 Å². The number of carboxylic acids is 2. The van der Waals surface area contributed by atoms with Gasteiger partial charge in [-0.25, -0.2) is 0 Å². The van der Waals surface area contributed by atoms with Gasteiger partial charge in [-0.2, -0.15) is 0 Å². The maximum Gasteiger partial charge on any atom is 0.312 e. The summed E-state index contributed by atoms with van der Waals surface area (Å²) in [6, 6.07) is 0. The van der Waals surface area contributed by atoms with Crippen LogP contribution in [0.3, 0.4) is 0 Å². The molecule has 0 heterocycles. The number of aliphatic carboxylic acids is 2. The van der Waals surface area contributed by atoms with Crippen LogP contribution >= 0.6 is 0 Å². The average Bonchev–Trinajstić information content (AvgIpc) is 2.84. The third kappa shape index (κ3) is 4.09. The zero-order valence-corrected chi connectivity index (χ0v) is 15.1. The average molecular weight is 342 g/mol. The molecule has 0 aromatic carbocycles. The van der Waals surface area contributed by atoms with Crippen LogP contribution in [-0.4, -0.2) is 46.6 Å². The molecule has 24 heavy (non-hydrogen) atoms. The predicted molar refractivity (Wildman–Crippen MR) is 87.8 cm³/mol. The molecular weight excluding hydrogens is 312 g/mol. The molecule has 2 aliphatic carbocycles. The van der Waals surface area contributed by atoms with Crippen LogP contribution < -0.4 is 0 Å². The van der Waals surface area contributed by atoms with Crippen LogP contribution in [0, 0.1) is 17.3 Å². The minimum atomic E-state index is -0.811. The highest BCUT2D eigenvalue weighted by Crippen LogP contribution is 2.52. The van der Waals surface area contributed by atoms with Crippen molar-refractivity contribution >= 4 is 11.9 Å². The van der Waals surface area contributed by atoms with E-state index in [1.807, 2.05) is 27.7 Å². The molecule has 0 aromatic heterocycles. The number of hydrogen-bond acceptors (Lipinski definition) is 4. The standard InChI is InChI=1S/C18H30O6/c1-11(2)23-10-18(16(21)22)8-13(9-18)17(3,4)24-14-6-5-12(7-14)15(19)20/h11-14H,5-10H2,1-4H3,(H,19,20)(H,21,22). The number of hydrogen-bond donors (Lipinski definition) is 2. The molecule has 2 aliphatic rings. The van der Waals surface area contributed by atoms with Gasteiger partial charge in [-0.15, -0.1) is 0 Å². The molecule has 2 unspecified atom stereocenters. The summed E-state index contributed by atoms with van der Waals surface area (Å²) in [7, 11) is 0. The molecule has 138 valence electrons. The van der Waals surface area contributed by atoms with Gasteiger partial charge >= 0.3 is 11.9 Å². The largest absolute Gasteiger partial charge is 0.481 e. The summed E-state index contributed by atoms with van der Waals surface area (Å²) < 4.78 is 11.7. The van der Waals surface area contributed by atoms with E-state index >= 15 is 0 Å². The predicted octanol–water partition coefficient (Wildman–Crippen LogP) is 2.94. The quantitative estimate of drug-likeness (QED) is 0.704. The Kier molecular flexibility index (Phi) is 5.60. The summed E-state index contributed by atoms with van der Waals surface area (Å²) in [4.78, 5) is 22.7. The normalized spacial score (nSPS) is 33.5. The molecule has 2 rings (SSSR count). The summed E-state index contributed by atoms with van der Waals surface area (Å²) in [5.41, 5.74) is -1.26. The molecule has 0 aliphatic heterocycles. The summed E-state index contributed by atoms with van der Waals surface area (Å²) >= 11 is 0. The van der Waals surface area contributed by atoms with Crippen LogP contribution in [0.2, 0.25) is 0 Å². The number of carboxylic acid groups (broad SMARTS) is 2. The lowest BCUT2D eigenvalue weighted by molar-refractivity contribution is -0.191. The summed E-state index contributed by atoms with van der Waals surface area (Å²) in [6.45, 7) is 8.01. The van der Waals surface area contributed by atoms with Gasteiger partial charge in [0.15, 0.2) is 0 Å². The van der Waals surface area contributed by atoms with Crippen LogP contribution in [0.25, 0.3) is 0 Å². The molecule has 2 atom stereocenters. The van der Waals surface area contributed by atoms with Crippen molar-refractivity contribution in [2.45, 2.75) is 77.6 Å². The van der Waals surface area contributed by atoms with Gasteiger partial charge in [0.1, 0.15) is 0 Å². The summed E-state index contributed by atoms with van der Waals surface area (Å²) in [5.74, 6) is -1.72. The van der Waals surface area contributed by atoms with Gasteiger partial charge in [-0.05, 0) is 65.7 Å². The van der Waals surface area contributed by atoms with Crippen LogP contribution in [0.1, 0.15) is 59.8 Å². The van der Waals surface area contributed by atoms with Gasteiger partial charge in [-0.3, -0.25) is 9.59 Å². The molecule has 2 saturated carbocycles. The first-order chi connectivity index (χ1) is 11.1. The van der Waals surface area contributed by atoms with Gasteiger partial charge in [-0.1, -0.05) is 0 Å². The first kappa shape index (κ1) is 19.2. The minimum absolute atomic E-state index is 0.0102.